The van der Waals surface area contributed by atoms with E-state index in [1.165, 1.54) is 29.5 Å². The number of pyridine rings is 1. The number of aliphatic hydroxyl groups excluding tert-OH is 1. The van der Waals surface area contributed by atoms with Gasteiger partial charge in [-0.2, -0.15) is 0 Å². The Kier molecular flexibility index (Phi) is 16.2. The molecule has 0 spiro atoms. The van der Waals surface area contributed by atoms with Gasteiger partial charge in [-0.25, -0.2) is 4.98 Å². The van der Waals surface area contributed by atoms with Crippen molar-refractivity contribution in [3.63, 3.8) is 0 Å². The molecule has 5 amide bonds. The second kappa shape index (κ2) is 21.0. The predicted molar refractivity (Wildman–Crippen MR) is 212 cm³/mol. The third kappa shape index (κ3) is 12.7. The van der Waals surface area contributed by atoms with Gasteiger partial charge in [0.25, 0.3) is 5.91 Å². The van der Waals surface area contributed by atoms with Crippen molar-refractivity contribution in [2.75, 3.05) is 13.6 Å². The number of hydrogen-bond donors (Lipinski definition) is 6. The third-order valence-electron chi connectivity index (χ3n) is 9.37. The van der Waals surface area contributed by atoms with E-state index in [2.05, 4.69) is 25.9 Å². The maximum absolute atomic E-state index is 14.6. The van der Waals surface area contributed by atoms with E-state index in [9.17, 15) is 29.1 Å². The Morgan fingerprint density at radius 1 is 0.927 bits per heavy atom. The van der Waals surface area contributed by atoms with Gasteiger partial charge in [0, 0.05) is 37.7 Å². The van der Waals surface area contributed by atoms with Crippen LogP contribution in [-0.2, 0) is 32.0 Å². The number of aliphatic hydroxyl groups is 1. The zero-order valence-electron chi connectivity index (χ0n) is 31.5. The average Bonchev–Trinajstić information content (AvgIpc) is 3.69. The molecule has 0 radical (unpaired) electrons. The maximum Gasteiger partial charge on any atom is 0.253 e. The van der Waals surface area contributed by atoms with Crippen LogP contribution in [0.25, 0.3) is 10.8 Å². The Balaban J connectivity index is 1.60. The van der Waals surface area contributed by atoms with Crippen LogP contribution in [0.15, 0.2) is 77.9 Å². The Morgan fingerprint density at radius 3 is 2.36 bits per heavy atom. The number of likely N-dealkylation sites (N-methyl/N-ethyl adjacent to an activating group) is 1. The monoisotopic (exact) mass is 772 g/mol. The van der Waals surface area contributed by atoms with Crippen LogP contribution in [0.3, 0.4) is 0 Å². The van der Waals surface area contributed by atoms with Crippen LogP contribution in [0, 0.1) is 5.92 Å². The first-order valence-electron chi connectivity index (χ1n) is 18.5. The zero-order chi connectivity index (χ0) is 39.9. The van der Waals surface area contributed by atoms with Crippen molar-refractivity contribution in [2.45, 2.75) is 89.1 Å². The Bertz CT molecular complexity index is 1870. The minimum Gasteiger partial charge on any atom is -0.390 e. The smallest absolute Gasteiger partial charge is 0.253 e. The topological polar surface area (TPSA) is 223 Å². The summed E-state index contributed by atoms with van der Waals surface area (Å²) in [6, 6.07) is 12.7. The van der Waals surface area contributed by atoms with E-state index in [0.717, 1.165) is 16.3 Å². The molecule has 0 fully saturated rings. The van der Waals surface area contributed by atoms with Crippen molar-refractivity contribution in [2.24, 2.45) is 17.4 Å². The minimum absolute atomic E-state index is 0.00163. The van der Waals surface area contributed by atoms with E-state index in [0.29, 0.717) is 37.9 Å². The summed E-state index contributed by atoms with van der Waals surface area (Å²) in [6.07, 6.45) is 3.25. The highest BCUT2D eigenvalue weighted by atomic mass is 32.1. The molecule has 0 saturated carbocycles. The fraction of sp³-hybridized carbons (Fsp3) is 0.425. The molecule has 2 aromatic heterocycles. The Labute approximate surface area is 325 Å². The van der Waals surface area contributed by atoms with Crippen LogP contribution in [-0.4, -0.2) is 93.4 Å². The molecule has 0 aliphatic heterocycles. The molecule has 294 valence electrons. The van der Waals surface area contributed by atoms with Crippen molar-refractivity contribution in [3.8, 4) is 0 Å². The summed E-state index contributed by atoms with van der Waals surface area (Å²) in [7, 11) is 1.50. The number of amides is 5. The van der Waals surface area contributed by atoms with Gasteiger partial charge in [-0.1, -0.05) is 56.3 Å². The van der Waals surface area contributed by atoms with Crippen molar-refractivity contribution in [1.29, 1.82) is 0 Å². The van der Waals surface area contributed by atoms with Crippen LogP contribution < -0.4 is 27.4 Å². The number of thiazole rings is 1. The number of unbranched alkanes of at least 4 members (excludes halogenated alkanes) is 1. The lowest BCUT2D eigenvalue weighted by Gasteiger charge is -2.33. The highest BCUT2D eigenvalue weighted by molar-refractivity contribution is 7.07. The highest BCUT2D eigenvalue weighted by Crippen LogP contribution is 2.22. The lowest BCUT2D eigenvalue weighted by Crippen LogP contribution is -2.58. The quantitative estimate of drug-likeness (QED) is 0.0684. The van der Waals surface area contributed by atoms with Crippen LogP contribution in [0.5, 0.6) is 0 Å². The number of rotatable bonds is 21. The van der Waals surface area contributed by atoms with Gasteiger partial charge in [-0.3, -0.25) is 29.0 Å². The number of primary amides is 1. The highest BCUT2D eigenvalue weighted by Gasteiger charge is 2.36. The first kappa shape index (κ1) is 42.5. The first-order chi connectivity index (χ1) is 26.4. The van der Waals surface area contributed by atoms with Crippen molar-refractivity contribution < 1.29 is 29.1 Å². The molecule has 0 unspecified atom stereocenters. The van der Waals surface area contributed by atoms with Crippen LogP contribution in [0.1, 0.15) is 67.6 Å². The molecule has 2 heterocycles. The molecule has 5 atom stereocenters. The Hall–Kier alpha value is -5.25. The molecule has 55 heavy (non-hydrogen) atoms. The number of carbonyl (C=O) groups excluding carboxylic acids is 5. The number of nitrogens with one attached hydrogen (secondary N) is 3. The van der Waals surface area contributed by atoms with Crippen LogP contribution in [0.2, 0.25) is 0 Å². The zero-order valence-corrected chi connectivity index (χ0v) is 32.3. The first-order valence-corrected chi connectivity index (χ1v) is 19.4. The lowest BCUT2D eigenvalue weighted by atomic mass is 9.95. The summed E-state index contributed by atoms with van der Waals surface area (Å²) < 4.78 is 0. The number of nitrogens with zero attached hydrogens (tertiary/aromatic N) is 3. The fourth-order valence-corrected chi connectivity index (χ4v) is 7.00. The van der Waals surface area contributed by atoms with Gasteiger partial charge in [0.2, 0.25) is 23.6 Å². The summed E-state index contributed by atoms with van der Waals surface area (Å²) in [5.74, 6) is -2.89. The number of hydrogen-bond acceptors (Lipinski definition) is 10. The predicted octanol–water partition coefficient (Wildman–Crippen LogP) is 2.48. The fourth-order valence-electron chi connectivity index (χ4n) is 6.43. The second-order valence-corrected chi connectivity index (χ2v) is 14.8. The van der Waals surface area contributed by atoms with Gasteiger partial charge < -0.3 is 37.4 Å². The second-order valence-electron chi connectivity index (χ2n) is 14.1. The van der Waals surface area contributed by atoms with Crippen molar-refractivity contribution >= 4 is 51.6 Å². The van der Waals surface area contributed by atoms with E-state index in [-0.39, 0.29) is 24.3 Å². The summed E-state index contributed by atoms with van der Waals surface area (Å²) in [5, 5.41) is 23.4. The van der Waals surface area contributed by atoms with E-state index < -0.39 is 66.2 Å². The van der Waals surface area contributed by atoms with Gasteiger partial charge >= 0.3 is 0 Å². The molecule has 2 aromatic carbocycles. The maximum atomic E-state index is 14.6. The molecular formula is C40H52N8O6S. The summed E-state index contributed by atoms with van der Waals surface area (Å²) in [6.45, 7) is 4.26. The molecule has 0 bridgehead atoms. The lowest BCUT2D eigenvalue weighted by molar-refractivity contribution is -0.141. The van der Waals surface area contributed by atoms with Crippen molar-refractivity contribution in [3.05, 3.63) is 94.7 Å². The molecule has 14 nitrogen and oxygen atoms in total. The van der Waals surface area contributed by atoms with Gasteiger partial charge in [-0.05, 0) is 66.6 Å². The average molecular weight is 773 g/mol. The third-order valence-corrected chi connectivity index (χ3v) is 10.0. The van der Waals surface area contributed by atoms with Gasteiger partial charge in [-0.15, -0.1) is 11.3 Å². The number of fused-ring (bicyclic) bond motifs is 1. The number of benzene rings is 2. The standard InChI is InChI=1S/C40H52N8O6S/c1-25(2)18-32(35(49)21-36(50)45-31(37(42)51)15-6-7-16-41)46-39(53)34(20-29-23-55-24-44-29)48(3)40(54)33(47-38(52)28-13-9-17-43-22-28)19-27-12-8-11-26-10-4-5-14-30(26)27/h4-5,8-14,17,22-25,31-35,49H,6-7,15-16,18-21,41H2,1-3H3,(H2,42,51)(H,45,50)(H,46,53)(H,47,52)/t31-,32-,33-,34-,35-/m0/s1. The minimum atomic E-state index is -1.33. The van der Waals surface area contributed by atoms with E-state index in [4.69, 9.17) is 11.5 Å². The molecule has 0 saturated heterocycles. The number of carbonyl (C=O) groups is 5. The molecule has 8 N–H and O–H groups in total. The molecule has 0 aliphatic rings. The number of aromatic nitrogens is 2. The van der Waals surface area contributed by atoms with E-state index >= 15 is 0 Å². The van der Waals surface area contributed by atoms with Crippen molar-refractivity contribution in [1.82, 2.24) is 30.8 Å². The van der Waals surface area contributed by atoms with Gasteiger partial charge in [0.1, 0.15) is 18.1 Å². The molecule has 4 rings (SSSR count). The summed E-state index contributed by atoms with van der Waals surface area (Å²) >= 11 is 1.34. The SMILES string of the molecule is CC(C)C[C@H](NC(=O)[C@H](Cc1cscn1)N(C)C(=O)[C@H](Cc1cccc2ccccc12)NC(=O)c1cccnc1)[C@@H](O)CC(=O)N[C@@H](CCCCN)C(N)=O. The molecule has 0 aliphatic carbocycles. The van der Waals surface area contributed by atoms with Gasteiger partial charge in [0.15, 0.2) is 0 Å². The molecular weight excluding hydrogens is 721 g/mol. The summed E-state index contributed by atoms with van der Waals surface area (Å²) in [4.78, 5) is 77.1. The van der Waals surface area contributed by atoms with E-state index in [1.807, 2.05) is 56.3 Å². The molecule has 4 aromatic rings. The Morgan fingerprint density at radius 2 is 1.69 bits per heavy atom. The van der Waals surface area contributed by atoms with Crippen LogP contribution >= 0.6 is 11.3 Å². The summed E-state index contributed by atoms with van der Waals surface area (Å²) in [5.41, 5.74) is 14.4. The van der Waals surface area contributed by atoms with Gasteiger partial charge in [0.05, 0.1) is 35.3 Å². The van der Waals surface area contributed by atoms with E-state index in [1.54, 1.807) is 29.2 Å². The normalized spacial score (nSPS) is 14.0. The largest absolute Gasteiger partial charge is 0.390 e. The molecule has 15 heteroatoms. The number of nitrogens with two attached hydrogens (primary N) is 2. The van der Waals surface area contributed by atoms with Crippen LogP contribution in [0.4, 0.5) is 0 Å².